The van der Waals surface area contributed by atoms with Crippen molar-refractivity contribution in [2.24, 2.45) is 0 Å². The van der Waals surface area contributed by atoms with Crippen LogP contribution in [0.2, 0.25) is 5.02 Å². The molecule has 0 saturated heterocycles. The van der Waals surface area contributed by atoms with Gasteiger partial charge in [0.25, 0.3) is 0 Å². The number of H-pyrrole nitrogens is 1. The van der Waals surface area contributed by atoms with Gasteiger partial charge in [-0.1, -0.05) is 11.6 Å². The molecular formula is C14H13ClN4O2S. The number of anilines is 1. The van der Waals surface area contributed by atoms with Gasteiger partial charge in [0.15, 0.2) is 9.84 Å². The molecule has 2 heterocycles. The Bertz CT molecular complexity index is 891. The van der Waals surface area contributed by atoms with Crippen LogP contribution in [0.25, 0.3) is 11.0 Å². The van der Waals surface area contributed by atoms with Crippen LogP contribution in [-0.2, 0) is 9.84 Å². The molecule has 114 valence electrons. The second kappa shape index (κ2) is 5.94. The normalized spacial score (nSPS) is 11.7. The van der Waals surface area contributed by atoms with E-state index >= 15 is 0 Å². The van der Waals surface area contributed by atoms with E-state index in [1.165, 1.54) is 18.5 Å². The lowest BCUT2D eigenvalue weighted by atomic mass is 10.4. The largest absolute Gasteiger partial charge is 0.368 e. The summed E-state index contributed by atoms with van der Waals surface area (Å²) < 4.78 is 24.5. The zero-order valence-corrected chi connectivity index (χ0v) is 13.0. The van der Waals surface area contributed by atoms with Crippen LogP contribution in [-0.4, -0.2) is 35.7 Å². The van der Waals surface area contributed by atoms with E-state index in [-0.39, 0.29) is 17.2 Å². The van der Waals surface area contributed by atoms with Crippen LogP contribution in [0.4, 0.5) is 5.82 Å². The molecule has 2 aromatic heterocycles. The van der Waals surface area contributed by atoms with Crippen LogP contribution >= 0.6 is 11.6 Å². The first-order chi connectivity index (χ1) is 10.6. The molecule has 0 amide bonds. The second-order valence-corrected chi connectivity index (χ2v) is 7.21. The summed E-state index contributed by atoms with van der Waals surface area (Å²) in [7, 11) is -3.36. The van der Waals surface area contributed by atoms with E-state index in [1.807, 2.05) is 6.07 Å². The van der Waals surface area contributed by atoms with Crippen molar-refractivity contribution in [3.8, 4) is 0 Å². The molecule has 3 rings (SSSR count). The summed E-state index contributed by atoms with van der Waals surface area (Å²) in [5.74, 6) is 0.572. The molecule has 1 aromatic carbocycles. The van der Waals surface area contributed by atoms with Crippen LogP contribution in [0.1, 0.15) is 0 Å². The monoisotopic (exact) mass is 336 g/mol. The summed E-state index contributed by atoms with van der Waals surface area (Å²) in [6.07, 6.45) is 3.18. The van der Waals surface area contributed by atoms with Gasteiger partial charge in [0, 0.05) is 17.8 Å². The van der Waals surface area contributed by atoms with Crippen LogP contribution in [0.3, 0.4) is 0 Å². The number of rotatable bonds is 5. The summed E-state index contributed by atoms with van der Waals surface area (Å²) in [4.78, 5) is 11.4. The maximum absolute atomic E-state index is 12.2. The molecule has 6 nitrogen and oxygen atoms in total. The van der Waals surface area contributed by atoms with Crippen molar-refractivity contribution in [1.82, 2.24) is 15.0 Å². The number of nitrogens with zero attached hydrogens (tertiary/aromatic N) is 2. The minimum absolute atomic E-state index is 0.0372. The first-order valence-corrected chi connectivity index (χ1v) is 8.59. The zero-order valence-electron chi connectivity index (χ0n) is 11.5. The first kappa shape index (κ1) is 14.8. The molecule has 0 spiro atoms. The molecule has 0 atom stereocenters. The van der Waals surface area contributed by atoms with Crippen LogP contribution in [0.15, 0.2) is 47.8 Å². The Morgan fingerprint density at radius 2 is 1.91 bits per heavy atom. The molecule has 0 aliphatic heterocycles. The quantitative estimate of drug-likeness (QED) is 0.747. The average molecular weight is 337 g/mol. The minimum atomic E-state index is -3.36. The molecule has 0 fully saturated rings. The lowest BCUT2D eigenvalue weighted by molar-refractivity contribution is 0.596. The molecule has 8 heteroatoms. The summed E-state index contributed by atoms with van der Waals surface area (Å²) in [5, 5.41) is 4.37. The smallest absolute Gasteiger partial charge is 0.180 e. The molecule has 3 aromatic rings. The molecule has 0 aliphatic carbocycles. The summed E-state index contributed by atoms with van der Waals surface area (Å²) in [6, 6.07) is 7.98. The molecule has 22 heavy (non-hydrogen) atoms. The Morgan fingerprint density at radius 3 is 2.68 bits per heavy atom. The fourth-order valence-electron chi connectivity index (χ4n) is 2.08. The van der Waals surface area contributed by atoms with Gasteiger partial charge in [0.05, 0.1) is 16.0 Å². The van der Waals surface area contributed by atoms with Crippen molar-refractivity contribution in [3.63, 3.8) is 0 Å². The van der Waals surface area contributed by atoms with E-state index in [0.29, 0.717) is 16.5 Å². The fraction of sp³-hybridized carbons (Fsp3) is 0.143. The highest BCUT2D eigenvalue weighted by atomic mass is 35.5. The van der Waals surface area contributed by atoms with E-state index in [2.05, 4.69) is 20.3 Å². The van der Waals surface area contributed by atoms with Gasteiger partial charge in [-0.05, 0) is 30.3 Å². The Balaban J connectivity index is 1.70. The standard InChI is InChI=1S/C14H13ClN4O2S/c15-10-1-3-11(4-2-10)22(20,21)8-7-17-14-12-5-6-16-13(12)18-9-19-14/h1-6,9H,7-8H2,(H2,16,17,18,19). The van der Waals surface area contributed by atoms with E-state index in [9.17, 15) is 8.42 Å². The van der Waals surface area contributed by atoms with E-state index in [0.717, 1.165) is 5.39 Å². The lowest BCUT2D eigenvalue weighted by Crippen LogP contribution is -2.16. The Kier molecular flexibility index (Phi) is 4.00. The van der Waals surface area contributed by atoms with Gasteiger partial charge in [-0.25, -0.2) is 18.4 Å². The van der Waals surface area contributed by atoms with Crippen LogP contribution in [0, 0.1) is 0 Å². The predicted octanol–water partition coefficient (Wildman–Crippen LogP) is 2.50. The fourth-order valence-corrected chi connectivity index (χ4v) is 3.36. The van der Waals surface area contributed by atoms with Crippen molar-refractivity contribution in [1.29, 1.82) is 0 Å². The van der Waals surface area contributed by atoms with Gasteiger partial charge in [-0.3, -0.25) is 0 Å². The highest BCUT2D eigenvalue weighted by Gasteiger charge is 2.14. The minimum Gasteiger partial charge on any atom is -0.368 e. The average Bonchev–Trinajstić information content (AvgIpc) is 2.97. The van der Waals surface area contributed by atoms with Crippen LogP contribution in [0.5, 0.6) is 0 Å². The van der Waals surface area contributed by atoms with Crippen molar-refractivity contribution in [2.45, 2.75) is 4.90 Å². The Hall–Kier alpha value is -2.12. The molecular weight excluding hydrogens is 324 g/mol. The molecule has 0 aliphatic rings. The molecule has 0 unspecified atom stereocenters. The Labute approximate surface area is 132 Å². The van der Waals surface area contributed by atoms with Crippen LogP contribution < -0.4 is 5.32 Å². The number of hydrogen-bond donors (Lipinski definition) is 2. The topological polar surface area (TPSA) is 87.7 Å². The molecule has 0 radical (unpaired) electrons. The summed E-state index contributed by atoms with van der Waals surface area (Å²) in [6.45, 7) is 0.252. The first-order valence-electron chi connectivity index (χ1n) is 6.56. The number of aromatic nitrogens is 3. The van der Waals surface area contributed by atoms with Gasteiger partial charge in [-0.15, -0.1) is 0 Å². The van der Waals surface area contributed by atoms with Gasteiger partial charge in [-0.2, -0.15) is 0 Å². The zero-order chi connectivity index (χ0) is 15.6. The number of benzene rings is 1. The summed E-state index contributed by atoms with van der Waals surface area (Å²) >= 11 is 5.77. The SMILES string of the molecule is O=S(=O)(CCNc1ncnc2[nH]ccc12)c1ccc(Cl)cc1. The van der Waals surface area contributed by atoms with Gasteiger partial charge in [0.2, 0.25) is 0 Å². The number of halogens is 1. The van der Waals surface area contributed by atoms with Gasteiger partial charge < -0.3 is 10.3 Å². The highest BCUT2D eigenvalue weighted by molar-refractivity contribution is 7.91. The number of fused-ring (bicyclic) bond motifs is 1. The molecule has 0 saturated carbocycles. The number of nitrogens with one attached hydrogen (secondary N) is 2. The third-order valence-electron chi connectivity index (χ3n) is 3.19. The van der Waals surface area contributed by atoms with Crippen molar-refractivity contribution < 1.29 is 8.42 Å². The number of sulfone groups is 1. The van der Waals surface area contributed by atoms with Gasteiger partial charge in [0.1, 0.15) is 17.8 Å². The predicted molar refractivity (Wildman–Crippen MR) is 85.9 cm³/mol. The molecule has 2 N–H and O–H groups in total. The maximum atomic E-state index is 12.2. The number of hydrogen-bond acceptors (Lipinski definition) is 5. The van der Waals surface area contributed by atoms with E-state index < -0.39 is 9.84 Å². The maximum Gasteiger partial charge on any atom is 0.180 e. The summed E-state index contributed by atoms with van der Waals surface area (Å²) in [5.41, 5.74) is 0.707. The van der Waals surface area contributed by atoms with Gasteiger partial charge >= 0.3 is 0 Å². The van der Waals surface area contributed by atoms with Crippen molar-refractivity contribution in [3.05, 3.63) is 47.9 Å². The van der Waals surface area contributed by atoms with Crippen molar-refractivity contribution >= 4 is 38.3 Å². The van der Waals surface area contributed by atoms with E-state index in [1.54, 1.807) is 18.3 Å². The second-order valence-electron chi connectivity index (χ2n) is 4.66. The number of aromatic amines is 1. The highest BCUT2D eigenvalue weighted by Crippen LogP contribution is 2.18. The van der Waals surface area contributed by atoms with Crippen molar-refractivity contribution in [2.75, 3.05) is 17.6 Å². The lowest BCUT2D eigenvalue weighted by Gasteiger charge is -2.07. The third kappa shape index (κ3) is 3.05. The van der Waals surface area contributed by atoms with E-state index in [4.69, 9.17) is 11.6 Å². The molecule has 0 bridgehead atoms. The third-order valence-corrected chi connectivity index (χ3v) is 5.17. The Morgan fingerprint density at radius 1 is 1.14 bits per heavy atom.